The summed E-state index contributed by atoms with van der Waals surface area (Å²) in [6, 6.07) is 9.12. The van der Waals surface area contributed by atoms with Gasteiger partial charge in [-0.15, -0.1) is 0 Å². The predicted octanol–water partition coefficient (Wildman–Crippen LogP) is 4.71. The van der Waals surface area contributed by atoms with Crippen molar-refractivity contribution in [3.8, 4) is 0 Å². The molecule has 0 bridgehead atoms. The lowest BCUT2D eigenvalue weighted by molar-refractivity contribution is 0.00858. The van der Waals surface area contributed by atoms with Crippen LogP contribution in [0.25, 0.3) is 0 Å². The van der Waals surface area contributed by atoms with E-state index in [2.05, 4.69) is 52.4 Å². The van der Waals surface area contributed by atoms with Gasteiger partial charge in [0.25, 0.3) is 0 Å². The third-order valence-electron chi connectivity index (χ3n) is 4.22. The SMILES string of the molecule is CCCNC(CCC1CCCCO1)Cc1ccccc1Br. The minimum Gasteiger partial charge on any atom is -0.378 e. The molecule has 0 aliphatic carbocycles. The summed E-state index contributed by atoms with van der Waals surface area (Å²) in [6.45, 7) is 4.29. The molecule has 1 heterocycles. The molecule has 0 amide bonds. The normalized spacial score (nSPS) is 20.4. The second-order valence-corrected chi connectivity index (χ2v) is 6.87. The maximum Gasteiger partial charge on any atom is 0.0575 e. The number of rotatable bonds is 8. The molecule has 1 fully saturated rings. The zero-order valence-corrected chi connectivity index (χ0v) is 14.7. The molecule has 1 aromatic rings. The van der Waals surface area contributed by atoms with Gasteiger partial charge in [-0.25, -0.2) is 0 Å². The number of hydrogen-bond donors (Lipinski definition) is 1. The van der Waals surface area contributed by atoms with Crippen LogP contribution in [0, 0.1) is 0 Å². The summed E-state index contributed by atoms with van der Waals surface area (Å²) in [5.74, 6) is 0. The van der Waals surface area contributed by atoms with E-state index in [9.17, 15) is 0 Å². The van der Waals surface area contributed by atoms with E-state index in [0.717, 1.165) is 19.6 Å². The molecule has 1 aliphatic rings. The highest BCUT2D eigenvalue weighted by molar-refractivity contribution is 9.10. The summed E-state index contributed by atoms with van der Waals surface area (Å²) in [4.78, 5) is 0. The monoisotopic (exact) mass is 353 g/mol. The molecule has 118 valence electrons. The Kier molecular flexibility index (Phi) is 7.76. The van der Waals surface area contributed by atoms with Gasteiger partial charge in [-0.1, -0.05) is 41.1 Å². The smallest absolute Gasteiger partial charge is 0.0575 e. The average molecular weight is 354 g/mol. The second kappa shape index (κ2) is 9.60. The van der Waals surface area contributed by atoms with Crippen LogP contribution in [0.1, 0.15) is 51.0 Å². The summed E-state index contributed by atoms with van der Waals surface area (Å²) in [5.41, 5.74) is 1.40. The Hall–Kier alpha value is -0.380. The average Bonchev–Trinajstić information content (AvgIpc) is 2.53. The van der Waals surface area contributed by atoms with Crippen LogP contribution < -0.4 is 5.32 Å². The molecule has 21 heavy (non-hydrogen) atoms. The van der Waals surface area contributed by atoms with Crippen molar-refractivity contribution in [1.29, 1.82) is 0 Å². The van der Waals surface area contributed by atoms with Crippen molar-refractivity contribution in [2.24, 2.45) is 0 Å². The van der Waals surface area contributed by atoms with Crippen LogP contribution in [0.4, 0.5) is 0 Å². The molecule has 1 aliphatic heterocycles. The van der Waals surface area contributed by atoms with Crippen molar-refractivity contribution in [3.05, 3.63) is 34.3 Å². The number of nitrogens with one attached hydrogen (secondary N) is 1. The maximum atomic E-state index is 5.87. The first-order valence-corrected chi connectivity index (χ1v) is 9.17. The lowest BCUT2D eigenvalue weighted by Gasteiger charge is -2.25. The Morgan fingerprint density at radius 1 is 1.33 bits per heavy atom. The Morgan fingerprint density at radius 3 is 2.90 bits per heavy atom. The Balaban J connectivity index is 1.86. The number of ether oxygens (including phenoxy) is 1. The van der Waals surface area contributed by atoms with Crippen LogP contribution in [0.2, 0.25) is 0 Å². The van der Waals surface area contributed by atoms with E-state index >= 15 is 0 Å². The maximum absolute atomic E-state index is 5.87. The standard InChI is InChI=1S/C18H28BrNO/c1-2-12-20-16(10-11-17-8-5-6-13-21-17)14-15-7-3-4-9-18(15)19/h3-4,7,9,16-17,20H,2,5-6,8,10-14H2,1H3. The van der Waals surface area contributed by atoms with Crippen molar-refractivity contribution in [3.63, 3.8) is 0 Å². The molecule has 2 nitrogen and oxygen atoms in total. The molecule has 1 aromatic carbocycles. The molecular formula is C18H28BrNO. The van der Waals surface area contributed by atoms with Gasteiger partial charge in [-0.3, -0.25) is 0 Å². The second-order valence-electron chi connectivity index (χ2n) is 6.01. The molecule has 1 N–H and O–H groups in total. The van der Waals surface area contributed by atoms with Gasteiger partial charge >= 0.3 is 0 Å². The van der Waals surface area contributed by atoms with E-state index in [1.165, 1.54) is 48.6 Å². The Bertz CT molecular complexity index is 404. The number of hydrogen-bond acceptors (Lipinski definition) is 2. The van der Waals surface area contributed by atoms with Crippen molar-refractivity contribution in [1.82, 2.24) is 5.32 Å². The lowest BCUT2D eigenvalue weighted by Crippen LogP contribution is -2.33. The summed E-state index contributed by atoms with van der Waals surface area (Å²) < 4.78 is 7.09. The molecule has 0 radical (unpaired) electrons. The van der Waals surface area contributed by atoms with E-state index in [0.29, 0.717) is 12.1 Å². The van der Waals surface area contributed by atoms with E-state index in [1.54, 1.807) is 0 Å². The van der Waals surface area contributed by atoms with Crippen LogP contribution in [0.3, 0.4) is 0 Å². The van der Waals surface area contributed by atoms with Gasteiger partial charge in [-0.2, -0.15) is 0 Å². The zero-order valence-electron chi connectivity index (χ0n) is 13.1. The lowest BCUT2D eigenvalue weighted by atomic mass is 9.97. The van der Waals surface area contributed by atoms with E-state index in [-0.39, 0.29) is 0 Å². The largest absolute Gasteiger partial charge is 0.378 e. The highest BCUT2D eigenvalue weighted by Gasteiger charge is 2.17. The number of benzene rings is 1. The fraction of sp³-hybridized carbons (Fsp3) is 0.667. The minimum atomic E-state index is 0.490. The Labute approximate surface area is 137 Å². The van der Waals surface area contributed by atoms with E-state index < -0.39 is 0 Å². The topological polar surface area (TPSA) is 21.3 Å². The van der Waals surface area contributed by atoms with E-state index in [1.807, 2.05) is 0 Å². The first kappa shape index (κ1) is 17.0. The fourth-order valence-corrected chi connectivity index (χ4v) is 3.42. The fourth-order valence-electron chi connectivity index (χ4n) is 2.98. The molecule has 2 rings (SSSR count). The highest BCUT2D eigenvalue weighted by Crippen LogP contribution is 2.21. The molecule has 3 heteroatoms. The molecule has 2 unspecified atom stereocenters. The van der Waals surface area contributed by atoms with Crippen LogP contribution in [-0.2, 0) is 11.2 Å². The first-order valence-electron chi connectivity index (χ1n) is 8.38. The van der Waals surface area contributed by atoms with E-state index in [4.69, 9.17) is 4.74 Å². The van der Waals surface area contributed by atoms with Gasteiger partial charge in [0.15, 0.2) is 0 Å². The summed E-state index contributed by atoms with van der Waals surface area (Å²) >= 11 is 3.67. The van der Waals surface area contributed by atoms with Crippen molar-refractivity contribution < 1.29 is 4.74 Å². The van der Waals surface area contributed by atoms with Crippen LogP contribution in [0.5, 0.6) is 0 Å². The van der Waals surface area contributed by atoms with Gasteiger partial charge in [-0.05, 0) is 63.1 Å². The summed E-state index contributed by atoms with van der Waals surface area (Å²) in [5, 5.41) is 3.71. The van der Waals surface area contributed by atoms with Crippen LogP contribution >= 0.6 is 15.9 Å². The number of halogens is 1. The molecule has 0 saturated carbocycles. The summed E-state index contributed by atoms with van der Waals surface area (Å²) in [7, 11) is 0. The van der Waals surface area contributed by atoms with Crippen molar-refractivity contribution >= 4 is 15.9 Å². The van der Waals surface area contributed by atoms with Gasteiger partial charge in [0.1, 0.15) is 0 Å². The van der Waals surface area contributed by atoms with Gasteiger partial charge in [0, 0.05) is 17.1 Å². The van der Waals surface area contributed by atoms with Crippen LogP contribution in [-0.4, -0.2) is 25.3 Å². The van der Waals surface area contributed by atoms with Crippen LogP contribution in [0.15, 0.2) is 28.7 Å². The van der Waals surface area contributed by atoms with Gasteiger partial charge < -0.3 is 10.1 Å². The molecule has 1 saturated heterocycles. The zero-order chi connectivity index (χ0) is 14.9. The Morgan fingerprint density at radius 2 is 2.19 bits per heavy atom. The molecular weight excluding hydrogens is 326 g/mol. The van der Waals surface area contributed by atoms with Gasteiger partial charge in [0.2, 0.25) is 0 Å². The van der Waals surface area contributed by atoms with Crippen molar-refractivity contribution in [2.75, 3.05) is 13.2 Å². The van der Waals surface area contributed by atoms with Gasteiger partial charge in [0.05, 0.1) is 6.10 Å². The highest BCUT2D eigenvalue weighted by atomic mass is 79.9. The molecule has 0 aromatic heterocycles. The third-order valence-corrected chi connectivity index (χ3v) is 4.99. The first-order chi connectivity index (χ1) is 10.3. The third kappa shape index (κ3) is 6.09. The summed E-state index contributed by atoms with van der Waals surface area (Å²) in [6.07, 6.45) is 8.98. The minimum absolute atomic E-state index is 0.490. The van der Waals surface area contributed by atoms with Crippen molar-refractivity contribution in [2.45, 2.75) is 64.0 Å². The quantitative estimate of drug-likeness (QED) is 0.730. The molecule has 0 spiro atoms. The molecule has 2 atom stereocenters. The predicted molar refractivity (Wildman–Crippen MR) is 92.8 cm³/mol.